The Labute approximate surface area is 91.6 Å². The molecule has 1 spiro atoms. The molecule has 2 aliphatic rings. The minimum Gasteiger partial charge on any atom is -0.301 e. The maximum atomic E-state index is 11.8. The monoisotopic (exact) mass is 215 g/mol. The lowest BCUT2D eigenvalue weighted by Gasteiger charge is -2.38. The van der Waals surface area contributed by atoms with Gasteiger partial charge >= 0.3 is 0 Å². The summed E-state index contributed by atoms with van der Waals surface area (Å²) in [6, 6.07) is 0. The second-order valence-electron chi connectivity index (χ2n) is 4.35. The van der Waals surface area contributed by atoms with Crippen LogP contribution in [0, 0.1) is 0 Å². The number of carbonyl (C=O) groups is 1. The summed E-state index contributed by atoms with van der Waals surface area (Å²) in [5.74, 6) is 0.316. The first-order chi connectivity index (χ1) is 6.23. The molecule has 1 aliphatic heterocycles. The van der Waals surface area contributed by atoms with Crippen LogP contribution in [-0.2, 0) is 4.79 Å². The van der Waals surface area contributed by atoms with Crippen molar-refractivity contribution in [3.63, 3.8) is 0 Å². The third-order valence-electron chi connectivity index (χ3n) is 3.26. The van der Waals surface area contributed by atoms with Crippen LogP contribution in [0.4, 0.5) is 0 Å². The van der Waals surface area contributed by atoms with Gasteiger partial charge in [-0.2, -0.15) is 0 Å². The Hall–Kier alpha value is -0.340. The predicted octanol–water partition coefficient (Wildman–Crippen LogP) is 2.23. The number of carbonyl (C=O) groups excluding carboxylic acids is 1. The average molecular weight is 216 g/mol. The molecule has 0 amide bonds. The lowest BCUT2D eigenvalue weighted by Crippen LogP contribution is -2.55. The average Bonchev–Trinajstić information content (AvgIpc) is 2.14. The number of ketones is 1. The van der Waals surface area contributed by atoms with Crippen LogP contribution in [0.2, 0.25) is 0 Å². The highest BCUT2D eigenvalue weighted by molar-refractivity contribution is 5.99. The first-order valence-electron chi connectivity index (χ1n) is 5.20. The van der Waals surface area contributed by atoms with E-state index in [9.17, 15) is 4.79 Å². The number of rotatable bonds is 0. The Morgan fingerprint density at radius 3 is 2.50 bits per heavy atom. The minimum atomic E-state index is -0.169. The Kier molecular flexibility index (Phi) is 3.73. The van der Waals surface area contributed by atoms with Gasteiger partial charge in [0.2, 0.25) is 0 Å². The van der Waals surface area contributed by atoms with Crippen LogP contribution in [0.25, 0.3) is 0 Å². The van der Waals surface area contributed by atoms with Gasteiger partial charge in [0.25, 0.3) is 0 Å². The van der Waals surface area contributed by atoms with Gasteiger partial charge in [-0.05, 0) is 25.8 Å². The normalized spacial score (nSPS) is 25.5. The zero-order chi connectivity index (χ0) is 9.31. The Morgan fingerprint density at radius 2 is 1.93 bits per heavy atom. The zero-order valence-electron chi connectivity index (χ0n) is 8.64. The molecule has 1 N–H and O–H groups in total. The first-order valence-corrected chi connectivity index (χ1v) is 5.20. The van der Waals surface area contributed by atoms with Gasteiger partial charge in [-0.1, -0.05) is 24.8 Å². The molecule has 1 fully saturated rings. The van der Waals surface area contributed by atoms with Crippen molar-refractivity contribution in [1.82, 2.24) is 5.32 Å². The molecular formula is C11H18ClNO. The van der Waals surface area contributed by atoms with Crippen LogP contribution in [0.3, 0.4) is 0 Å². The molecule has 80 valence electrons. The molecule has 2 nitrogen and oxygen atoms in total. The zero-order valence-corrected chi connectivity index (χ0v) is 9.45. The van der Waals surface area contributed by atoms with Crippen molar-refractivity contribution in [3.8, 4) is 0 Å². The molecule has 0 bridgehead atoms. The number of hydrogen-bond acceptors (Lipinski definition) is 2. The number of hydrogen-bond donors (Lipinski definition) is 1. The molecule has 0 aromatic rings. The van der Waals surface area contributed by atoms with Crippen LogP contribution in [0.5, 0.6) is 0 Å². The van der Waals surface area contributed by atoms with Crippen molar-refractivity contribution in [2.24, 2.45) is 0 Å². The second kappa shape index (κ2) is 4.45. The second-order valence-corrected chi connectivity index (χ2v) is 4.35. The van der Waals surface area contributed by atoms with E-state index in [0.717, 1.165) is 19.4 Å². The van der Waals surface area contributed by atoms with E-state index >= 15 is 0 Å². The lowest BCUT2D eigenvalue weighted by molar-refractivity contribution is -0.122. The Bertz CT molecular complexity index is 254. The molecule has 0 aromatic heterocycles. The highest BCUT2D eigenvalue weighted by atomic mass is 35.5. The smallest absolute Gasteiger partial charge is 0.175 e. The van der Waals surface area contributed by atoms with E-state index in [2.05, 4.69) is 5.32 Å². The van der Waals surface area contributed by atoms with E-state index in [1.165, 1.54) is 24.8 Å². The van der Waals surface area contributed by atoms with E-state index in [4.69, 9.17) is 0 Å². The molecule has 3 heteroatoms. The Morgan fingerprint density at radius 1 is 1.29 bits per heavy atom. The van der Waals surface area contributed by atoms with Crippen molar-refractivity contribution >= 4 is 18.2 Å². The van der Waals surface area contributed by atoms with Crippen molar-refractivity contribution in [1.29, 1.82) is 0 Å². The van der Waals surface area contributed by atoms with Crippen molar-refractivity contribution < 1.29 is 4.79 Å². The van der Waals surface area contributed by atoms with Crippen molar-refractivity contribution in [2.45, 2.75) is 44.6 Å². The van der Waals surface area contributed by atoms with E-state index < -0.39 is 0 Å². The molecule has 0 radical (unpaired) electrons. The number of halogens is 1. The summed E-state index contributed by atoms with van der Waals surface area (Å²) in [6.45, 7) is 2.91. The quantitative estimate of drug-likeness (QED) is 0.672. The van der Waals surface area contributed by atoms with Gasteiger partial charge in [0.1, 0.15) is 0 Å². The largest absolute Gasteiger partial charge is 0.301 e. The highest BCUT2D eigenvalue weighted by Gasteiger charge is 2.39. The summed E-state index contributed by atoms with van der Waals surface area (Å²) < 4.78 is 0. The first kappa shape index (κ1) is 11.7. The molecule has 1 heterocycles. The van der Waals surface area contributed by atoms with Crippen LogP contribution >= 0.6 is 12.4 Å². The summed E-state index contributed by atoms with van der Waals surface area (Å²) in [5.41, 5.74) is 0.999. The molecule has 1 aliphatic carbocycles. The van der Waals surface area contributed by atoms with Gasteiger partial charge < -0.3 is 5.32 Å². The third kappa shape index (κ3) is 2.01. The predicted molar refractivity (Wildman–Crippen MR) is 59.8 cm³/mol. The molecular weight excluding hydrogens is 198 g/mol. The fraction of sp³-hybridized carbons (Fsp3) is 0.727. The van der Waals surface area contributed by atoms with E-state index in [1.807, 2.05) is 13.0 Å². The van der Waals surface area contributed by atoms with Gasteiger partial charge in [-0.25, -0.2) is 0 Å². The van der Waals surface area contributed by atoms with Gasteiger partial charge in [-0.3, -0.25) is 4.79 Å². The van der Waals surface area contributed by atoms with Crippen LogP contribution in [0.15, 0.2) is 11.6 Å². The molecule has 0 saturated heterocycles. The summed E-state index contributed by atoms with van der Waals surface area (Å²) in [6.07, 6.45) is 7.60. The molecule has 0 unspecified atom stereocenters. The van der Waals surface area contributed by atoms with E-state index in [0.29, 0.717) is 5.78 Å². The number of nitrogens with one attached hydrogen (secondary N) is 1. The molecule has 14 heavy (non-hydrogen) atoms. The van der Waals surface area contributed by atoms with Gasteiger partial charge in [0.05, 0.1) is 5.54 Å². The summed E-state index contributed by atoms with van der Waals surface area (Å²) in [7, 11) is 0. The van der Waals surface area contributed by atoms with E-state index in [-0.39, 0.29) is 17.9 Å². The standard InChI is InChI=1S/C11H17NO.ClH/c1-9-7-10(13)11(12-8-9)5-3-2-4-6-11;/h7,12H,2-6,8H2,1H3;1H. The fourth-order valence-corrected chi connectivity index (χ4v) is 2.39. The third-order valence-corrected chi connectivity index (χ3v) is 3.26. The maximum absolute atomic E-state index is 11.8. The molecule has 0 atom stereocenters. The van der Waals surface area contributed by atoms with Crippen molar-refractivity contribution in [2.75, 3.05) is 6.54 Å². The van der Waals surface area contributed by atoms with Crippen LogP contribution in [0.1, 0.15) is 39.0 Å². The van der Waals surface area contributed by atoms with Crippen LogP contribution in [-0.4, -0.2) is 17.9 Å². The van der Waals surface area contributed by atoms with Crippen molar-refractivity contribution in [3.05, 3.63) is 11.6 Å². The SMILES string of the molecule is CC1=CC(=O)C2(CCCCC2)NC1.Cl. The van der Waals surface area contributed by atoms with Gasteiger partial charge in [-0.15, -0.1) is 12.4 Å². The molecule has 0 aromatic carbocycles. The van der Waals surface area contributed by atoms with Gasteiger partial charge in [0.15, 0.2) is 5.78 Å². The summed E-state index contributed by atoms with van der Waals surface area (Å²) in [5, 5.41) is 3.42. The minimum absolute atomic E-state index is 0. The highest BCUT2D eigenvalue weighted by Crippen LogP contribution is 2.31. The Balaban J connectivity index is 0.000000980. The van der Waals surface area contributed by atoms with Gasteiger partial charge in [0, 0.05) is 6.54 Å². The summed E-state index contributed by atoms with van der Waals surface area (Å²) in [4.78, 5) is 11.8. The van der Waals surface area contributed by atoms with Crippen LogP contribution < -0.4 is 5.32 Å². The molecule has 2 rings (SSSR count). The fourth-order valence-electron chi connectivity index (χ4n) is 2.39. The maximum Gasteiger partial charge on any atom is 0.175 e. The molecule has 1 saturated carbocycles. The lowest BCUT2D eigenvalue weighted by atomic mass is 9.76. The topological polar surface area (TPSA) is 29.1 Å². The van der Waals surface area contributed by atoms with E-state index in [1.54, 1.807) is 0 Å². The summed E-state index contributed by atoms with van der Waals surface area (Å²) >= 11 is 0.